The van der Waals surface area contributed by atoms with Gasteiger partial charge in [0.15, 0.2) is 10.2 Å². The fourth-order valence-corrected chi connectivity index (χ4v) is 3.78. The molecule has 3 rings (SSSR count). The van der Waals surface area contributed by atoms with E-state index >= 15 is 0 Å². The first-order valence-electron chi connectivity index (χ1n) is 6.25. The molecular formula is C12H13N3O3S2. The second-order valence-corrected chi connectivity index (χ2v) is 6.98. The molecule has 1 N–H and O–H groups in total. The zero-order valence-electron chi connectivity index (χ0n) is 10.8. The smallest absolute Gasteiger partial charge is 0.308 e. The first-order chi connectivity index (χ1) is 9.61. The number of hydrogen-bond donors (Lipinski definition) is 1. The first-order valence-corrected chi connectivity index (χ1v) is 8.05. The van der Waals surface area contributed by atoms with E-state index in [9.17, 15) is 4.79 Å². The molecule has 6 nitrogen and oxygen atoms in total. The molecule has 0 saturated heterocycles. The standard InChI is InChI=1S/C12H13N3O3S2/c1-6-8(4-10(16)17)20-12(13-6)19-5-9-14-11(18-15-9)7-2-3-7/h7H,2-5H2,1H3,(H,16,17). The molecule has 1 aliphatic carbocycles. The number of carboxylic acids is 1. The lowest BCUT2D eigenvalue weighted by Gasteiger charge is -1.90. The summed E-state index contributed by atoms with van der Waals surface area (Å²) in [5.74, 6) is 1.63. The molecule has 1 saturated carbocycles. The SMILES string of the molecule is Cc1nc(SCc2noc(C3CC3)n2)sc1CC(=O)O. The predicted octanol–water partition coefficient (Wildman–Crippen LogP) is 2.63. The Labute approximate surface area is 123 Å². The number of hydrogen-bond acceptors (Lipinski definition) is 7. The van der Waals surface area contributed by atoms with Crippen molar-refractivity contribution < 1.29 is 14.4 Å². The van der Waals surface area contributed by atoms with Crippen LogP contribution in [-0.4, -0.2) is 26.2 Å². The highest BCUT2D eigenvalue weighted by molar-refractivity contribution is 8.00. The van der Waals surface area contributed by atoms with Crippen LogP contribution in [0.15, 0.2) is 8.86 Å². The average Bonchev–Trinajstić information content (AvgIpc) is 3.04. The van der Waals surface area contributed by atoms with E-state index < -0.39 is 5.97 Å². The maximum atomic E-state index is 10.7. The van der Waals surface area contributed by atoms with Gasteiger partial charge < -0.3 is 9.63 Å². The Hall–Kier alpha value is -1.41. The van der Waals surface area contributed by atoms with Crippen molar-refractivity contribution in [2.45, 2.75) is 42.2 Å². The molecule has 2 aromatic heterocycles. The number of rotatable bonds is 6. The molecule has 0 aromatic carbocycles. The molecule has 0 atom stereocenters. The second-order valence-electron chi connectivity index (χ2n) is 4.67. The van der Waals surface area contributed by atoms with Crippen LogP contribution in [0.5, 0.6) is 0 Å². The van der Waals surface area contributed by atoms with Gasteiger partial charge in [0.2, 0.25) is 5.89 Å². The molecule has 1 fully saturated rings. The Morgan fingerprint density at radius 2 is 2.30 bits per heavy atom. The van der Waals surface area contributed by atoms with Gasteiger partial charge in [-0.1, -0.05) is 16.9 Å². The van der Waals surface area contributed by atoms with Crippen molar-refractivity contribution in [1.82, 2.24) is 15.1 Å². The Balaban J connectivity index is 1.60. The first kappa shape index (κ1) is 13.6. The summed E-state index contributed by atoms with van der Waals surface area (Å²) in [6.07, 6.45) is 2.30. The van der Waals surface area contributed by atoms with Crippen molar-refractivity contribution in [1.29, 1.82) is 0 Å². The monoisotopic (exact) mass is 311 g/mol. The van der Waals surface area contributed by atoms with Crippen molar-refractivity contribution in [3.05, 3.63) is 22.3 Å². The van der Waals surface area contributed by atoms with E-state index in [1.807, 2.05) is 6.92 Å². The van der Waals surface area contributed by atoms with Gasteiger partial charge in [-0.05, 0) is 19.8 Å². The summed E-state index contributed by atoms with van der Waals surface area (Å²) >= 11 is 2.93. The summed E-state index contributed by atoms with van der Waals surface area (Å²) in [6.45, 7) is 1.83. The van der Waals surface area contributed by atoms with Gasteiger partial charge in [0, 0.05) is 10.8 Å². The van der Waals surface area contributed by atoms with Gasteiger partial charge >= 0.3 is 5.97 Å². The van der Waals surface area contributed by atoms with Crippen LogP contribution in [0.25, 0.3) is 0 Å². The van der Waals surface area contributed by atoms with Gasteiger partial charge in [0.05, 0.1) is 17.9 Å². The van der Waals surface area contributed by atoms with Crippen LogP contribution in [0.4, 0.5) is 0 Å². The van der Waals surface area contributed by atoms with Gasteiger partial charge in [0.1, 0.15) is 0 Å². The van der Waals surface area contributed by atoms with Gasteiger partial charge in [-0.3, -0.25) is 4.79 Å². The Kier molecular flexibility index (Phi) is 3.75. The molecule has 1 aliphatic rings. The maximum absolute atomic E-state index is 10.7. The third kappa shape index (κ3) is 3.18. The summed E-state index contributed by atoms with van der Waals surface area (Å²) in [5.41, 5.74) is 0.784. The van der Waals surface area contributed by atoms with Crippen LogP contribution in [0, 0.1) is 6.92 Å². The maximum Gasteiger partial charge on any atom is 0.308 e. The second kappa shape index (κ2) is 5.53. The summed E-state index contributed by atoms with van der Waals surface area (Å²) < 4.78 is 6.03. The Morgan fingerprint density at radius 1 is 1.50 bits per heavy atom. The lowest BCUT2D eigenvalue weighted by molar-refractivity contribution is -0.136. The van der Waals surface area contributed by atoms with Crippen molar-refractivity contribution in [2.24, 2.45) is 0 Å². The van der Waals surface area contributed by atoms with E-state index in [0.29, 0.717) is 17.5 Å². The van der Waals surface area contributed by atoms with Crippen LogP contribution in [0.1, 0.15) is 41.0 Å². The number of thioether (sulfide) groups is 1. The summed E-state index contributed by atoms with van der Waals surface area (Å²) in [6, 6.07) is 0. The lowest BCUT2D eigenvalue weighted by Crippen LogP contribution is -1.99. The number of carboxylic acid groups (broad SMARTS) is 1. The molecule has 0 unspecified atom stereocenters. The highest BCUT2D eigenvalue weighted by atomic mass is 32.2. The largest absolute Gasteiger partial charge is 0.481 e. The Bertz CT molecular complexity index is 634. The molecule has 0 radical (unpaired) electrons. The number of aryl methyl sites for hydroxylation is 1. The molecular weight excluding hydrogens is 298 g/mol. The molecule has 0 amide bonds. The summed E-state index contributed by atoms with van der Waals surface area (Å²) in [7, 11) is 0. The van der Waals surface area contributed by atoms with Crippen LogP contribution in [0.3, 0.4) is 0 Å². The number of aromatic nitrogens is 3. The van der Waals surface area contributed by atoms with Crippen molar-refractivity contribution >= 4 is 29.1 Å². The van der Waals surface area contributed by atoms with Crippen molar-refractivity contribution in [3.8, 4) is 0 Å². The van der Waals surface area contributed by atoms with Crippen LogP contribution >= 0.6 is 23.1 Å². The zero-order valence-corrected chi connectivity index (χ0v) is 12.5. The van der Waals surface area contributed by atoms with Gasteiger partial charge in [-0.25, -0.2) is 4.98 Å². The van der Waals surface area contributed by atoms with E-state index in [4.69, 9.17) is 9.63 Å². The van der Waals surface area contributed by atoms with Gasteiger partial charge in [-0.2, -0.15) is 4.98 Å². The molecule has 2 heterocycles. The third-order valence-electron chi connectivity index (χ3n) is 2.92. The number of aliphatic carboxylic acids is 1. The van der Waals surface area contributed by atoms with E-state index in [1.54, 1.807) is 0 Å². The lowest BCUT2D eigenvalue weighted by atomic mass is 10.3. The number of carbonyl (C=O) groups is 1. The molecule has 0 spiro atoms. The molecule has 8 heteroatoms. The normalized spacial score (nSPS) is 14.7. The minimum absolute atomic E-state index is 0.0259. The van der Waals surface area contributed by atoms with Crippen LogP contribution in [-0.2, 0) is 17.0 Å². The summed E-state index contributed by atoms with van der Waals surface area (Å²) in [4.78, 5) is 20.2. The number of nitrogens with zero attached hydrogens (tertiary/aromatic N) is 3. The van der Waals surface area contributed by atoms with Gasteiger partial charge in [0.25, 0.3) is 0 Å². The molecule has 106 valence electrons. The van der Waals surface area contributed by atoms with E-state index in [1.165, 1.54) is 23.1 Å². The van der Waals surface area contributed by atoms with Crippen LogP contribution < -0.4 is 0 Å². The van der Waals surface area contributed by atoms with Crippen molar-refractivity contribution in [2.75, 3.05) is 0 Å². The predicted molar refractivity (Wildman–Crippen MR) is 74.0 cm³/mol. The molecule has 0 bridgehead atoms. The van der Waals surface area contributed by atoms with Crippen LogP contribution in [0.2, 0.25) is 0 Å². The highest BCUT2D eigenvalue weighted by Crippen LogP contribution is 2.39. The van der Waals surface area contributed by atoms with E-state index in [2.05, 4.69) is 15.1 Å². The Morgan fingerprint density at radius 3 is 3.00 bits per heavy atom. The summed E-state index contributed by atoms with van der Waals surface area (Å²) in [5, 5.41) is 12.8. The van der Waals surface area contributed by atoms with E-state index in [-0.39, 0.29) is 6.42 Å². The topological polar surface area (TPSA) is 89.1 Å². The fraction of sp³-hybridized carbons (Fsp3) is 0.500. The molecule has 0 aliphatic heterocycles. The third-order valence-corrected chi connectivity index (χ3v) is 5.22. The zero-order chi connectivity index (χ0) is 14.1. The minimum Gasteiger partial charge on any atom is -0.481 e. The quantitative estimate of drug-likeness (QED) is 0.820. The van der Waals surface area contributed by atoms with Gasteiger partial charge in [-0.15, -0.1) is 11.3 Å². The highest BCUT2D eigenvalue weighted by Gasteiger charge is 2.29. The minimum atomic E-state index is -0.833. The number of thiazole rings is 1. The fourth-order valence-electron chi connectivity index (χ4n) is 1.71. The van der Waals surface area contributed by atoms with Crippen molar-refractivity contribution in [3.63, 3.8) is 0 Å². The average molecular weight is 311 g/mol. The van der Waals surface area contributed by atoms with E-state index in [0.717, 1.165) is 33.6 Å². The molecule has 2 aromatic rings. The molecule has 20 heavy (non-hydrogen) atoms.